The van der Waals surface area contributed by atoms with Crippen LogP contribution in [0.3, 0.4) is 0 Å². The second-order valence-corrected chi connectivity index (χ2v) is 12.8. The van der Waals surface area contributed by atoms with E-state index in [1.54, 1.807) is 0 Å². The van der Waals surface area contributed by atoms with Crippen molar-refractivity contribution in [3.8, 4) is 33.4 Å². The van der Waals surface area contributed by atoms with Gasteiger partial charge in [0.2, 0.25) is 0 Å². The van der Waals surface area contributed by atoms with Gasteiger partial charge in [0.05, 0.1) is 5.69 Å². The highest BCUT2D eigenvalue weighted by atomic mass is 15.1. The lowest BCUT2D eigenvalue weighted by atomic mass is 9.73. The van der Waals surface area contributed by atoms with E-state index < -0.39 is 0 Å². The average molecular weight is 606 g/mol. The normalized spacial score (nSPS) is 12.9. The second-order valence-electron chi connectivity index (χ2n) is 12.8. The molecule has 228 valence electrons. The van der Waals surface area contributed by atoms with Crippen molar-refractivity contribution in [2.24, 2.45) is 0 Å². The molecule has 0 radical (unpaired) electrons. The monoisotopic (exact) mass is 605 g/mol. The SMILES string of the molecule is CCC1(CC)c2ccccc2-c2c1cc1ccccc1c2N(c1ccc(C)cc1)c1ccc(-c2ccccc2-c2ccccc2)cc1. The molecule has 1 heteroatoms. The molecule has 7 aromatic rings. The molecule has 47 heavy (non-hydrogen) atoms. The molecule has 7 aromatic carbocycles. The van der Waals surface area contributed by atoms with Crippen LogP contribution in [0.25, 0.3) is 44.2 Å². The largest absolute Gasteiger partial charge is 0.309 e. The van der Waals surface area contributed by atoms with Crippen molar-refractivity contribution in [2.75, 3.05) is 4.90 Å². The Hall–Kier alpha value is -5.40. The minimum absolute atomic E-state index is 0.0192. The Labute approximate surface area is 278 Å². The van der Waals surface area contributed by atoms with Crippen LogP contribution in [-0.4, -0.2) is 0 Å². The quantitative estimate of drug-likeness (QED) is 0.175. The van der Waals surface area contributed by atoms with Crippen molar-refractivity contribution in [2.45, 2.75) is 39.0 Å². The minimum atomic E-state index is -0.0192. The molecule has 0 amide bonds. The van der Waals surface area contributed by atoms with Crippen molar-refractivity contribution in [3.63, 3.8) is 0 Å². The topological polar surface area (TPSA) is 3.24 Å². The summed E-state index contributed by atoms with van der Waals surface area (Å²) in [5.74, 6) is 0. The molecule has 0 saturated heterocycles. The lowest BCUT2D eigenvalue weighted by molar-refractivity contribution is 0.491. The first-order chi connectivity index (χ1) is 23.1. The Bertz CT molecular complexity index is 2200. The lowest BCUT2D eigenvalue weighted by Crippen LogP contribution is -2.23. The maximum absolute atomic E-state index is 2.51. The van der Waals surface area contributed by atoms with Crippen LogP contribution in [0.4, 0.5) is 17.1 Å². The van der Waals surface area contributed by atoms with E-state index in [9.17, 15) is 0 Å². The third-order valence-electron chi connectivity index (χ3n) is 10.4. The van der Waals surface area contributed by atoms with Crippen LogP contribution in [0, 0.1) is 6.92 Å². The summed E-state index contributed by atoms with van der Waals surface area (Å²) in [6.07, 6.45) is 2.12. The Kier molecular flexibility index (Phi) is 7.26. The fourth-order valence-electron chi connectivity index (χ4n) is 7.98. The fraction of sp³-hybridized carbons (Fsp3) is 0.130. The highest BCUT2D eigenvalue weighted by Crippen LogP contribution is 2.59. The van der Waals surface area contributed by atoms with Gasteiger partial charge < -0.3 is 4.90 Å². The summed E-state index contributed by atoms with van der Waals surface area (Å²) in [6, 6.07) is 58.2. The molecule has 0 spiro atoms. The van der Waals surface area contributed by atoms with E-state index in [-0.39, 0.29) is 5.41 Å². The van der Waals surface area contributed by atoms with Gasteiger partial charge in [0.25, 0.3) is 0 Å². The fourth-order valence-corrected chi connectivity index (χ4v) is 7.98. The van der Waals surface area contributed by atoms with Crippen molar-refractivity contribution in [3.05, 3.63) is 174 Å². The van der Waals surface area contributed by atoms with Gasteiger partial charge in [0.15, 0.2) is 0 Å². The predicted molar refractivity (Wildman–Crippen MR) is 201 cm³/mol. The molecule has 0 saturated carbocycles. The molecule has 0 unspecified atom stereocenters. The first-order valence-electron chi connectivity index (χ1n) is 16.9. The molecule has 1 nitrogen and oxygen atoms in total. The van der Waals surface area contributed by atoms with E-state index in [0.717, 1.165) is 24.2 Å². The zero-order chi connectivity index (χ0) is 32.0. The molecular formula is C46H39N. The first kappa shape index (κ1) is 29.0. The predicted octanol–water partition coefficient (Wildman–Crippen LogP) is 13.0. The van der Waals surface area contributed by atoms with Gasteiger partial charge in [-0.1, -0.05) is 147 Å². The second kappa shape index (κ2) is 11.8. The molecule has 0 bridgehead atoms. The van der Waals surface area contributed by atoms with Crippen molar-refractivity contribution in [1.82, 2.24) is 0 Å². The number of benzene rings is 7. The summed E-state index contributed by atoms with van der Waals surface area (Å²) >= 11 is 0. The van der Waals surface area contributed by atoms with Crippen LogP contribution in [0.5, 0.6) is 0 Å². The zero-order valence-electron chi connectivity index (χ0n) is 27.4. The molecule has 0 fully saturated rings. The van der Waals surface area contributed by atoms with Crippen LogP contribution in [-0.2, 0) is 5.41 Å². The Morgan fingerprint density at radius 1 is 0.489 bits per heavy atom. The molecule has 1 aliphatic carbocycles. The Morgan fingerprint density at radius 2 is 1.02 bits per heavy atom. The van der Waals surface area contributed by atoms with Gasteiger partial charge in [-0.15, -0.1) is 0 Å². The van der Waals surface area contributed by atoms with E-state index in [2.05, 4.69) is 183 Å². The summed E-state index contributed by atoms with van der Waals surface area (Å²) in [5.41, 5.74) is 15.4. The van der Waals surface area contributed by atoms with Gasteiger partial charge in [-0.25, -0.2) is 0 Å². The molecule has 0 heterocycles. The van der Waals surface area contributed by atoms with E-state index in [0.29, 0.717) is 0 Å². The van der Waals surface area contributed by atoms with Crippen molar-refractivity contribution >= 4 is 27.8 Å². The number of aryl methyl sites for hydroxylation is 1. The van der Waals surface area contributed by atoms with Gasteiger partial charge in [-0.2, -0.15) is 0 Å². The number of hydrogen-bond acceptors (Lipinski definition) is 1. The average Bonchev–Trinajstić information content (AvgIpc) is 3.42. The van der Waals surface area contributed by atoms with E-state index in [1.807, 2.05) is 0 Å². The van der Waals surface area contributed by atoms with E-state index >= 15 is 0 Å². The summed E-state index contributed by atoms with van der Waals surface area (Å²) in [4.78, 5) is 2.51. The number of anilines is 3. The van der Waals surface area contributed by atoms with Crippen molar-refractivity contribution < 1.29 is 0 Å². The van der Waals surface area contributed by atoms with Crippen molar-refractivity contribution in [1.29, 1.82) is 0 Å². The maximum atomic E-state index is 2.51. The molecule has 0 N–H and O–H groups in total. The highest BCUT2D eigenvalue weighted by molar-refractivity contribution is 6.10. The highest BCUT2D eigenvalue weighted by Gasteiger charge is 2.43. The third-order valence-corrected chi connectivity index (χ3v) is 10.4. The molecule has 0 aromatic heterocycles. The van der Waals surface area contributed by atoms with Gasteiger partial charge in [0.1, 0.15) is 0 Å². The molecule has 0 aliphatic heterocycles. The Balaban J connectivity index is 1.38. The summed E-state index contributed by atoms with van der Waals surface area (Å²) in [5, 5.41) is 2.55. The van der Waals surface area contributed by atoms with Crippen LogP contribution in [0.15, 0.2) is 158 Å². The van der Waals surface area contributed by atoms with Gasteiger partial charge in [-0.05, 0) is 94.4 Å². The summed E-state index contributed by atoms with van der Waals surface area (Å²) in [6.45, 7) is 6.87. The van der Waals surface area contributed by atoms with Gasteiger partial charge >= 0.3 is 0 Å². The minimum Gasteiger partial charge on any atom is -0.309 e. The lowest BCUT2D eigenvalue weighted by Gasteiger charge is -2.32. The van der Waals surface area contributed by atoms with Crippen LogP contribution >= 0.6 is 0 Å². The zero-order valence-corrected chi connectivity index (χ0v) is 27.4. The number of rotatable bonds is 7. The van der Waals surface area contributed by atoms with Gasteiger partial charge in [-0.3, -0.25) is 0 Å². The van der Waals surface area contributed by atoms with Crippen LogP contribution in [0.1, 0.15) is 43.4 Å². The van der Waals surface area contributed by atoms with E-state index in [4.69, 9.17) is 0 Å². The molecule has 0 atom stereocenters. The molecular weight excluding hydrogens is 567 g/mol. The standard InChI is InChI=1S/C46H39N/c1-4-46(5-2)42-22-14-13-21-41(42)44-43(46)31-35-17-9-10-20-40(35)45(44)47(36-27-23-32(3)24-28-36)37-29-25-34(26-30-37)39-19-12-11-18-38(39)33-15-7-6-8-16-33/h6-31H,4-5H2,1-3H3. The van der Waals surface area contributed by atoms with E-state index in [1.165, 1.54) is 66.5 Å². The number of nitrogens with zero attached hydrogens (tertiary/aromatic N) is 1. The summed E-state index contributed by atoms with van der Waals surface area (Å²) in [7, 11) is 0. The number of fused-ring (bicyclic) bond motifs is 4. The first-order valence-corrected chi connectivity index (χ1v) is 16.9. The van der Waals surface area contributed by atoms with Gasteiger partial charge in [0, 0.05) is 27.7 Å². The summed E-state index contributed by atoms with van der Waals surface area (Å²) < 4.78 is 0. The van der Waals surface area contributed by atoms with Crippen LogP contribution in [0.2, 0.25) is 0 Å². The molecule has 8 rings (SSSR count). The number of hydrogen-bond donors (Lipinski definition) is 0. The smallest absolute Gasteiger partial charge is 0.0621 e. The third kappa shape index (κ3) is 4.69. The Morgan fingerprint density at radius 3 is 1.68 bits per heavy atom. The maximum Gasteiger partial charge on any atom is 0.0621 e. The molecule has 1 aliphatic rings. The van der Waals surface area contributed by atoms with Crippen LogP contribution < -0.4 is 4.90 Å².